The van der Waals surface area contributed by atoms with Crippen LogP contribution in [0.15, 0.2) is 23.4 Å². The van der Waals surface area contributed by atoms with Crippen molar-refractivity contribution in [3.8, 4) is 0 Å². The summed E-state index contributed by atoms with van der Waals surface area (Å²) in [6.45, 7) is 11.4. The van der Waals surface area contributed by atoms with Gasteiger partial charge in [-0.15, -0.1) is 0 Å². The third-order valence-corrected chi connectivity index (χ3v) is 4.13. The summed E-state index contributed by atoms with van der Waals surface area (Å²) in [5.41, 5.74) is 8.66. The molecule has 0 amide bonds. The lowest BCUT2D eigenvalue weighted by molar-refractivity contribution is 0.490. The van der Waals surface area contributed by atoms with Gasteiger partial charge < -0.3 is 5.73 Å². The summed E-state index contributed by atoms with van der Waals surface area (Å²) in [6.07, 6.45) is 15.7. The monoisotopic (exact) mass is 293 g/mol. The molecule has 0 bridgehead atoms. The van der Waals surface area contributed by atoms with Crippen LogP contribution in [0.2, 0.25) is 0 Å². The summed E-state index contributed by atoms with van der Waals surface area (Å²) in [6, 6.07) is 0. The summed E-state index contributed by atoms with van der Waals surface area (Å²) >= 11 is 0. The predicted octanol–water partition coefficient (Wildman–Crippen LogP) is 6.60. The number of allylic oxidation sites excluding steroid dienone is 4. The molecular formula is C20H39N. The van der Waals surface area contributed by atoms with E-state index in [1.54, 1.807) is 0 Å². The molecule has 0 heterocycles. The fraction of sp³-hybridized carbons (Fsp3) is 0.800. The fourth-order valence-corrected chi connectivity index (χ4v) is 2.66. The van der Waals surface area contributed by atoms with Crippen LogP contribution in [0.3, 0.4) is 0 Å². The van der Waals surface area contributed by atoms with E-state index in [1.165, 1.54) is 44.1 Å². The SMILES string of the molecule is CCCC(C)CC/C=C(\C)CC/C=C(\N)CCCC(C)C. The van der Waals surface area contributed by atoms with Crippen LogP contribution in [0, 0.1) is 11.8 Å². The van der Waals surface area contributed by atoms with E-state index in [0.717, 1.165) is 36.8 Å². The van der Waals surface area contributed by atoms with Crippen LogP contribution in [0.5, 0.6) is 0 Å². The van der Waals surface area contributed by atoms with Crippen molar-refractivity contribution >= 4 is 0 Å². The lowest BCUT2D eigenvalue weighted by Crippen LogP contribution is -1.98. The second kappa shape index (κ2) is 13.0. The summed E-state index contributed by atoms with van der Waals surface area (Å²) in [7, 11) is 0. The van der Waals surface area contributed by atoms with E-state index >= 15 is 0 Å². The van der Waals surface area contributed by atoms with Crippen LogP contribution < -0.4 is 5.73 Å². The van der Waals surface area contributed by atoms with Crippen LogP contribution in [0.25, 0.3) is 0 Å². The molecule has 0 rings (SSSR count). The smallest absolute Gasteiger partial charge is 0.00400 e. The first kappa shape index (κ1) is 20.3. The Morgan fingerprint density at radius 2 is 1.67 bits per heavy atom. The first-order chi connectivity index (χ1) is 9.95. The van der Waals surface area contributed by atoms with Gasteiger partial charge in [0.05, 0.1) is 0 Å². The Morgan fingerprint density at radius 3 is 2.29 bits per heavy atom. The average molecular weight is 294 g/mol. The van der Waals surface area contributed by atoms with Gasteiger partial charge in [-0.2, -0.15) is 0 Å². The summed E-state index contributed by atoms with van der Waals surface area (Å²) in [4.78, 5) is 0. The predicted molar refractivity (Wildman–Crippen MR) is 97.3 cm³/mol. The summed E-state index contributed by atoms with van der Waals surface area (Å²) < 4.78 is 0. The van der Waals surface area contributed by atoms with Crippen LogP contribution >= 0.6 is 0 Å². The molecule has 1 heteroatoms. The van der Waals surface area contributed by atoms with Crippen molar-refractivity contribution in [3.05, 3.63) is 23.4 Å². The minimum Gasteiger partial charge on any atom is -0.402 e. The lowest BCUT2D eigenvalue weighted by Gasteiger charge is -2.08. The first-order valence-electron chi connectivity index (χ1n) is 9.05. The quantitative estimate of drug-likeness (QED) is 0.403. The minimum atomic E-state index is 0.790. The Kier molecular flexibility index (Phi) is 12.5. The van der Waals surface area contributed by atoms with E-state index in [9.17, 15) is 0 Å². The Labute approximate surface area is 134 Å². The largest absolute Gasteiger partial charge is 0.402 e. The molecule has 2 N–H and O–H groups in total. The molecule has 0 fully saturated rings. The molecule has 0 aliphatic carbocycles. The molecule has 0 radical (unpaired) electrons. The van der Waals surface area contributed by atoms with Crippen LogP contribution in [-0.4, -0.2) is 0 Å². The Bertz CT molecular complexity index is 299. The molecule has 1 unspecified atom stereocenters. The van der Waals surface area contributed by atoms with Crippen molar-refractivity contribution in [2.75, 3.05) is 0 Å². The van der Waals surface area contributed by atoms with Gasteiger partial charge >= 0.3 is 0 Å². The standard InChI is InChI=1S/C20H39N/c1-6-10-18(4)12-8-13-19(5)14-9-16-20(21)15-7-11-17(2)3/h13,16-18H,6-12,14-15,21H2,1-5H3/b19-13+,20-16-. The second-order valence-electron chi connectivity index (χ2n) is 7.13. The molecule has 0 aliphatic heterocycles. The topological polar surface area (TPSA) is 26.0 Å². The van der Waals surface area contributed by atoms with E-state index in [4.69, 9.17) is 5.73 Å². The Balaban J connectivity index is 3.78. The van der Waals surface area contributed by atoms with E-state index in [2.05, 4.69) is 46.8 Å². The third-order valence-electron chi connectivity index (χ3n) is 4.13. The van der Waals surface area contributed by atoms with Crippen molar-refractivity contribution in [2.45, 2.75) is 92.4 Å². The number of hydrogen-bond donors (Lipinski definition) is 1. The van der Waals surface area contributed by atoms with Gasteiger partial charge in [-0.1, -0.05) is 64.7 Å². The highest BCUT2D eigenvalue weighted by Crippen LogP contribution is 2.15. The van der Waals surface area contributed by atoms with Crippen molar-refractivity contribution in [1.82, 2.24) is 0 Å². The lowest BCUT2D eigenvalue weighted by atomic mass is 9.99. The van der Waals surface area contributed by atoms with Crippen LogP contribution in [0.1, 0.15) is 92.4 Å². The fourth-order valence-electron chi connectivity index (χ4n) is 2.66. The van der Waals surface area contributed by atoms with Gasteiger partial charge in [0.1, 0.15) is 0 Å². The molecule has 0 saturated carbocycles. The zero-order valence-corrected chi connectivity index (χ0v) is 15.3. The van der Waals surface area contributed by atoms with Crippen molar-refractivity contribution in [3.63, 3.8) is 0 Å². The summed E-state index contributed by atoms with van der Waals surface area (Å²) in [5.74, 6) is 1.66. The van der Waals surface area contributed by atoms with Crippen molar-refractivity contribution in [2.24, 2.45) is 17.6 Å². The van der Waals surface area contributed by atoms with Gasteiger partial charge in [-0.25, -0.2) is 0 Å². The maximum absolute atomic E-state index is 6.06. The van der Waals surface area contributed by atoms with Gasteiger partial charge in [0, 0.05) is 5.70 Å². The number of rotatable bonds is 12. The van der Waals surface area contributed by atoms with E-state index in [0.29, 0.717) is 0 Å². The zero-order chi connectivity index (χ0) is 16.1. The van der Waals surface area contributed by atoms with Crippen LogP contribution in [0.4, 0.5) is 0 Å². The third kappa shape index (κ3) is 14.0. The molecule has 1 nitrogen and oxygen atoms in total. The highest BCUT2D eigenvalue weighted by molar-refractivity contribution is 5.03. The van der Waals surface area contributed by atoms with Crippen molar-refractivity contribution in [1.29, 1.82) is 0 Å². The Hall–Kier alpha value is -0.720. The number of hydrogen-bond acceptors (Lipinski definition) is 1. The molecule has 0 aromatic carbocycles. The maximum atomic E-state index is 6.06. The van der Waals surface area contributed by atoms with E-state index in [-0.39, 0.29) is 0 Å². The molecular weight excluding hydrogens is 254 g/mol. The van der Waals surface area contributed by atoms with Gasteiger partial charge in [0.25, 0.3) is 0 Å². The molecule has 0 spiro atoms. The molecule has 124 valence electrons. The van der Waals surface area contributed by atoms with Gasteiger partial charge in [0.2, 0.25) is 0 Å². The molecule has 0 saturated heterocycles. The molecule has 0 aromatic rings. The van der Waals surface area contributed by atoms with E-state index < -0.39 is 0 Å². The Morgan fingerprint density at radius 1 is 0.952 bits per heavy atom. The van der Waals surface area contributed by atoms with E-state index in [1.807, 2.05) is 0 Å². The molecule has 1 atom stereocenters. The highest BCUT2D eigenvalue weighted by Gasteiger charge is 1.99. The maximum Gasteiger partial charge on any atom is 0.00400 e. The average Bonchev–Trinajstić information content (AvgIpc) is 2.38. The zero-order valence-electron chi connectivity index (χ0n) is 15.3. The minimum absolute atomic E-state index is 0.790. The normalized spacial score (nSPS) is 14.8. The van der Waals surface area contributed by atoms with Crippen molar-refractivity contribution < 1.29 is 0 Å². The molecule has 21 heavy (non-hydrogen) atoms. The van der Waals surface area contributed by atoms with Gasteiger partial charge in [-0.3, -0.25) is 0 Å². The second-order valence-corrected chi connectivity index (χ2v) is 7.13. The van der Waals surface area contributed by atoms with Gasteiger partial charge in [-0.05, 0) is 57.3 Å². The van der Waals surface area contributed by atoms with Gasteiger partial charge in [0.15, 0.2) is 0 Å². The summed E-state index contributed by atoms with van der Waals surface area (Å²) in [5, 5.41) is 0. The molecule has 0 aromatic heterocycles. The first-order valence-corrected chi connectivity index (χ1v) is 9.05. The van der Waals surface area contributed by atoms with Crippen LogP contribution in [-0.2, 0) is 0 Å². The number of nitrogens with two attached hydrogens (primary N) is 1. The molecule has 0 aliphatic rings. The highest BCUT2D eigenvalue weighted by atomic mass is 14.6.